The number of benzene rings is 2. The molecule has 4 nitrogen and oxygen atoms in total. The van der Waals surface area contributed by atoms with Crippen LogP contribution in [-0.2, 0) is 4.74 Å². The van der Waals surface area contributed by atoms with E-state index in [0.29, 0.717) is 5.56 Å². The number of nitrogens with zero attached hydrogens (tertiary/aromatic N) is 1. The number of carbonyl (C=O) groups is 2. The second kappa shape index (κ2) is 6.03. The summed E-state index contributed by atoms with van der Waals surface area (Å²) in [6.45, 7) is -0.500. The topological polar surface area (TPSA) is 56.3 Å². The highest BCUT2D eigenvalue weighted by atomic mass is 32.1. The number of hydrogen-bond acceptors (Lipinski definition) is 5. The first kappa shape index (κ1) is 14.3. The standard InChI is InChI=1S/C16H10FNO3S/c17-12-4-2-1-3-11(12)14(19)8-21-16(20)10-5-6-13-15(7-10)22-9-18-13/h1-7,9H,8H2. The van der Waals surface area contributed by atoms with Gasteiger partial charge in [-0.25, -0.2) is 14.2 Å². The van der Waals surface area contributed by atoms with Crippen LogP contribution >= 0.6 is 11.3 Å². The van der Waals surface area contributed by atoms with E-state index in [1.807, 2.05) is 0 Å². The normalized spacial score (nSPS) is 10.6. The molecule has 0 bridgehead atoms. The van der Waals surface area contributed by atoms with Gasteiger partial charge in [-0.3, -0.25) is 4.79 Å². The highest BCUT2D eigenvalue weighted by Crippen LogP contribution is 2.19. The number of fused-ring (bicyclic) bond motifs is 1. The van der Waals surface area contributed by atoms with Crippen LogP contribution < -0.4 is 0 Å². The molecule has 3 aromatic rings. The average molecular weight is 315 g/mol. The van der Waals surface area contributed by atoms with Crippen molar-refractivity contribution in [1.29, 1.82) is 0 Å². The minimum absolute atomic E-state index is 0.0896. The molecular formula is C16H10FNO3S. The Morgan fingerprint density at radius 1 is 1.18 bits per heavy atom. The summed E-state index contributed by atoms with van der Waals surface area (Å²) in [6, 6.07) is 10.5. The number of Topliss-reactive ketones (excluding diaryl/α,β-unsaturated/α-hetero) is 1. The largest absolute Gasteiger partial charge is 0.454 e. The number of ether oxygens (including phenoxy) is 1. The highest BCUT2D eigenvalue weighted by molar-refractivity contribution is 7.16. The molecule has 0 saturated carbocycles. The van der Waals surface area contributed by atoms with E-state index in [-0.39, 0.29) is 5.56 Å². The van der Waals surface area contributed by atoms with Gasteiger partial charge in [0, 0.05) is 0 Å². The number of ketones is 1. The van der Waals surface area contributed by atoms with Crippen molar-refractivity contribution in [1.82, 2.24) is 4.98 Å². The maximum Gasteiger partial charge on any atom is 0.338 e. The first-order chi connectivity index (χ1) is 10.6. The number of thiazole rings is 1. The Balaban J connectivity index is 1.69. The van der Waals surface area contributed by atoms with Crippen molar-refractivity contribution in [3.8, 4) is 0 Å². The van der Waals surface area contributed by atoms with E-state index in [2.05, 4.69) is 4.98 Å². The van der Waals surface area contributed by atoms with Gasteiger partial charge >= 0.3 is 5.97 Å². The van der Waals surface area contributed by atoms with E-state index in [1.54, 1.807) is 29.8 Å². The Bertz CT molecular complexity index is 859. The van der Waals surface area contributed by atoms with Gasteiger partial charge in [0.15, 0.2) is 6.61 Å². The predicted octanol–water partition coefficient (Wildman–Crippen LogP) is 3.48. The summed E-state index contributed by atoms with van der Waals surface area (Å²) in [7, 11) is 0. The first-order valence-electron chi connectivity index (χ1n) is 6.43. The third kappa shape index (κ3) is 2.87. The van der Waals surface area contributed by atoms with Crippen LogP contribution in [0.1, 0.15) is 20.7 Å². The van der Waals surface area contributed by atoms with E-state index in [0.717, 1.165) is 10.2 Å². The number of aromatic nitrogens is 1. The fraction of sp³-hybridized carbons (Fsp3) is 0.0625. The van der Waals surface area contributed by atoms with E-state index < -0.39 is 24.2 Å². The second-order valence-corrected chi connectivity index (χ2v) is 5.40. The zero-order chi connectivity index (χ0) is 15.5. The van der Waals surface area contributed by atoms with Crippen LogP contribution in [-0.4, -0.2) is 23.3 Å². The zero-order valence-electron chi connectivity index (χ0n) is 11.3. The Morgan fingerprint density at radius 2 is 2.00 bits per heavy atom. The van der Waals surface area contributed by atoms with Gasteiger partial charge in [-0.15, -0.1) is 11.3 Å². The molecule has 0 fully saturated rings. The van der Waals surface area contributed by atoms with Gasteiger partial charge in [0.25, 0.3) is 0 Å². The van der Waals surface area contributed by atoms with Crippen LogP contribution in [0.2, 0.25) is 0 Å². The summed E-state index contributed by atoms with van der Waals surface area (Å²) in [5.41, 5.74) is 2.72. The molecule has 1 heterocycles. The third-order valence-electron chi connectivity index (χ3n) is 3.08. The zero-order valence-corrected chi connectivity index (χ0v) is 12.1. The molecule has 22 heavy (non-hydrogen) atoms. The molecule has 1 aromatic heterocycles. The van der Waals surface area contributed by atoms with Crippen LogP contribution in [0.4, 0.5) is 4.39 Å². The van der Waals surface area contributed by atoms with Crippen molar-refractivity contribution in [3.63, 3.8) is 0 Å². The Labute approximate surface area is 129 Å². The predicted molar refractivity (Wildman–Crippen MR) is 80.6 cm³/mol. The van der Waals surface area contributed by atoms with Gasteiger partial charge in [-0.1, -0.05) is 12.1 Å². The average Bonchev–Trinajstić information content (AvgIpc) is 3.00. The summed E-state index contributed by atoms with van der Waals surface area (Å²) in [4.78, 5) is 27.9. The lowest BCUT2D eigenvalue weighted by molar-refractivity contribution is 0.0473. The maximum absolute atomic E-state index is 13.5. The monoisotopic (exact) mass is 315 g/mol. The number of esters is 1. The fourth-order valence-corrected chi connectivity index (χ4v) is 2.68. The lowest BCUT2D eigenvalue weighted by atomic mass is 10.1. The lowest BCUT2D eigenvalue weighted by Crippen LogP contribution is -2.15. The Kier molecular flexibility index (Phi) is 3.93. The van der Waals surface area contributed by atoms with E-state index in [1.165, 1.54) is 29.5 Å². The molecule has 0 radical (unpaired) electrons. The molecule has 0 saturated heterocycles. The summed E-state index contributed by atoms with van der Waals surface area (Å²) >= 11 is 1.41. The molecule has 0 N–H and O–H groups in total. The van der Waals surface area contributed by atoms with Crippen LogP contribution in [0.15, 0.2) is 48.0 Å². The van der Waals surface area contributed by atoms with Crippen LogP contribution in [0, 0.1) is 5.82 Å². The first-order valence-corrected chi connectivity index (χ1v) is 7.31. The summed E-state index contributed by atoms with van der Waals surface area (Å²) in [6.07, 6.45) is 0. The minimum atomic E-state index is -0.630. The lowest BCUT2D eigenvalue weighted by Gasteiger charge is -2.05. The van der Waals surface area contributed by atoms with Crippen molar-refractivity contribution < 1.29 is 18.7 Å². The molecule has 0 aliphatic rings. The number of hydrogen-bond donors (Lipinski definition) is 0. The molecule has 3 rings (SSSR count). The molecule has 0 atom stereocenters. The number of carbonyl (C=O) groups excluding carboxylic acids is 2. The van der Waals surface area contributed by atoms with Gasteiger partial charge in [0.2, 0.25) is 5.78 Å². The Morgan fingerprint density at radius 3 is 2.82 bits per heavy atom. The van der Waals surface area contributed by atoms with Crippen LogP contribution in [0.25, 0.3) is 10.2 Å². The molecule has 110 valence electrons. The van der Waals surface area contributed by atoms with Crippen LogP contribution in [0.5, 0.6) is 0 Å². The number of rotatable bonds is 4. The van der Waals surface area contributed by atoms with Gasteiger partial charge in [0.05, 0.1) is 26.9 Å². The summed E-state index contributed by atoms with van der Waals surface area (Å²) in [5, 5.41) is 0. The van der Waals surface area contributed by atoms with Gasteiger partial charge < -0.3 is 4.74 Å². The van der Waals surface area contributed by atoms with Gasteiger partial charge in [-0.2, -0.15) is 0 Å². The van der Waals surface area contributed by atoms with E-state index >= 15 is 0 Å². The van der Waals surface area contributed by atoms with E-state index in [4.69, 9.17) is 4.74 Å². The third-order valence-corrected chi connectivity index (χ3v) is 3.87. The smallest absolute Gasteiger partial charge is 0.338 e. The molecular weight excluding hydrogens is 305 g/mol. The van der Waals surface area contributed by atoms with Crippen LogP contribution in [0.3, 0.4) is 0 Å². The SMILES string of the molecule is O=C(OCC(=O)c1ccccc1F)c1ccc2ncsc2c1. The molecule has 0 aliphatic carbocycles. The summed E-state index contributed by atoms with van der Waals surface area (Å²) < 4.78 is 19.3. The van der Waals surface area contributed by atoms with E-state index in [9.17, 15) is 14.0 Å². The summed E-state index contributed by atoms with van der Waals surface area (Å²) in [5.74, 6) is -1.83. The quantitative estimate of drug-likeness (QED) is 0.546. The van der Waals surface area contributed by atoms with Gasteiger partial charge in [0.1, 0.15) is 5.82 Å². The highest BCUT2D eigenvalue weighted by Gasteiger charge is 2.15. The molecule has 2 aromatic carbocycles. The van der Waals surface area contributed by atoms with Crippen molar-refractivity contribution >= 4 is 33.3 Å². The Hall–Kier alpha value is -2.60. The molecule has 0 aliphatic heterocycles. The molecule has 0 spiro atoms. The second-order valence-electron chi connectivity index (χ2n) is 4.51. The molecule has 0 unspecified atom stereocenters. The molecule has 0 amide bonds. The fourth-order valence-electron chi connectivity index (χ4n) is 1.96. The van der Waals surface area contributed by atoms with Crippen molar-refractivity contribution in [3.05, 3.63) is 64.9 Å². The van der Waals surface area contributed by atoms with Gasteiger partial charge in [-0.05, 0) is 30.3 Å². The molecule has 6 heteroatoms. The van der Waals surface area contributed by atoms with Crippen molar-refractivity contribution in [2.24, 2.45) is 0 Å². The number of halogens is 1. The van der Waals surface area contributed by atoms with Crippen molar-refractivity contribution in [2.45, 2.75) is 0 Å². The van der Waals surface area contributed by atoms with Crippen molar-refractivity contribution in [2.75, 3.05) is 6.61 Å². The minimum Gasteiger partial charge on any atom is -0.454 e. The maximum atomic E-state index is 13.5.